The molecule has 3 aromatic rings. The van der Waals surface area contributed by atoms with E-state index in [0.717, 1.165) is 39.0 Å². The Labute approximate surface area is 143 Å². The number of rotatable bonds is 6. The van der Waals surface area contributed by atoms with Crippen molar-refractivity contribution in [2.24, 2.45) is 0 Å². The summed E-state index contributed by atoms with van der Waals surface area (Å²) in [5.74, 6) is 0.578. The number of methoxy groups -OCH3 is 2. The molecule has 6 nitrogen and oxygen atoms in total. The second-order valence-electron chi connectivity index (χ2n) is 5.25. The molecule has 0 aliphatic carbocycles. The van der Waals surface area contributed by atoms with Crippen molar-refractivity contribution in [1.82, 2.24) is 9.38 Å². The van der Waals surface area contributed by atoms with Crippen LogP contribution in [0.1, 0.15) is 17.5 Å². The molecule has 7 heteroatoms. The van der Waals surface area contributed by atoms with Crippen LogP contribution in [0.3, 0.4) is 0 Å². The van der Waals surface area contributed by atoms with Gasteiger partial charge in [0.1, 0.15) is 11.5 Å². The molecule has 0 radical (unpaired) electrons. The number of aryl methyl sites for hydroxylation is 1. The minimum Gasteiger partial charge on any atom is -0.497 e. The molecule has 0 aliphatic heterocycles. The normalized spacial score (nSPS) is 11.0. The van der Waals surface area contributed by atoms with Crippen LogP contribution in [-0.4, -0.2) is 34.7 Å². The van der Waals surface area contributed by atoms with Gasteiger partial charge >= 0.3 is 5.97 Å². The fourth-order valence-electron chi connectivity index (χ4n) is 2.69. The number of carboxylic acid groups (broad SMARTS) is 1. The average Bonchev–Trinajstić information content (AvgIpc) is 3.09. The number of carboxylic acids is 1. The van der Waals surface area contributed by atoms with Crippen molar-refractivity contribution < 1.29 is 19.4 Å². The number of carbonyl (C=O) groups is 1. The number of fused-ring (bicyclic) bond motifs is 1. The van der Waals surface area contributed by atoms with Crippen molar-refractivity contribution in [1.29, 1.82) is 0 Å². The number of hydrogen-bond donors (Lipinski definition) is 1. The second kappa shape index (κ2) is 6.52. The maximum atomic E-state index is 10.9. The third kappa shape index (κ3) is 2.82. The third-order valence-electron chi connectivity index (χ3n) is 3.76. The summed E-state index contributed by atoms with van der Waals surface area (Å²) in [5.41, 5.74) is 2.41. The van der Waals surface area contributed by atoms with Crippen LogP contribution in [0.4, 0.5) is 0 Å². The molecule has 3 rings (SSSR count). The number of nitrogens with zero attached hydrogens (tertiary/aromatic N) is 2. The molecule has 0 atom stereocenters. The molecule has 2 heterocycles. The lowest BCUT2D eigenvalue weighted by molar-refractivity contribution is -0.136. The lowest BCUT2D eigenvalue weighted by Gasteiger charge is -2.11. The second-order valence-corrected chi connectivity index (χ2v) is 6.31. The molecule has 0 amide bonds. The van der Waals surface area contributed by atoms with Gasteiger partial charge in [0.15, 0.2) is 4.96 Å². The van der Waals surface area contributed by atoms with E-state index in [2.05, 4.69) is 11.9 Å². The zero-order valence-corrected chi connectivity index (χ0v) is 14.5. The highest BCUT2D eigenvalue weighted by molar-refractivity contribution is 7.17. The van der Waals surface area contributed by atoms with Gasteiger partial charge in [-0.1, -0.05) is 6.92 Å². The molecule has 2 aromatic heterocycles. The number of imidazole rings is 1. The molecular weight excluding hydrogens is 328 g/mol. The molecule has 1 aromatic carbocycles. The molecule has 0 bridgehead atoms. The number of ether oxygens (including phenoxy) is 2. The molecule has 0 saturated carbocycles. The summed E-state index contributed by atoms with van der Waals surface area (Å²) >= 11 is 1.56. The Bertz CT molecular complexity index is 898. The van der Waals surface area contributed by atoms with Gasteiger partial charge in [0.2, 0.25) is 0 Å². The standard InChI is InChI=1S/C17H18N2O4S/c1-4-14-16(12-8-11(22-2)5-6-13(12)23-3)19-9-10(7-15(20)21)18-17(19)24-14/h5-6,8-9H,4,7H2,1-3H3,(H,20,21). The first-order valence-corrected chi connectivity index (χ1v) is 8.32. The number of aliphatic carboxylic acids is 1. The highest BCUT2D eigenvalue weighted by Crippen LogP contribution is 2.39. The maximum absolute atomic E-state index is 10.9. The number of benzene rings is 1. The highest BCUT2D eigenvalue weighted by atomic mass is 32.1. The van der Waals surface area contributed by atoms with Crippen LogP contribution in [0, 0.1) is 0 Å². The SMILES string of the molecule is CCc1sc2nc(CC(=O)O)cn2c1-c1cc(OC)ccc1OC. The van der Waals surface area contributed by atoms with Crippen LogP contribution in [0.25, 0.3) is 16.2 Å². The van der Waals surface area contributed by atoms with Crippen molar-refractivity contribution in [3.63, 3.8) is 0 Å². The average molecular weight is 346 g/mol. The van der Waals surface area contributed by atoms with E-state index in [0.29, 0.717) is 5.69 Å². The van der Waals surface area contributed by atoms with Gasteiger partial charge in [0, 0.05) is 16.6 Å². The fourth-order valence-corrected chi connectivity index (χ4v) is 3.77. The van der Waals surface area contributed by atoms with Crippen molar-refractivity contribution in [2.75, 3.05) is 14.2 Å². The van der Waals surface area contributed by atoms with E-state index in [1.165, 1.54) is 0 Å². The van der Waals surface area contributed by atoms with E-state index in [1.807, 2.05) is 22.6 Å². The van der Waals surface area contributed by atoms with Gasteiger partial charge in [-0.3, -0.25) is 9.20 Å². The molecule has 126 valence electrons. The predicted molar refractivity (Wildman–Crippen MR) is 92.3 cm³/mol. The minimum atomic E-state index is -0.892. The fraction of sp³-hybridized carbons (Fsp3) is 0.294. The van der Waals surface area contributed by atoms with E-state index < -0.39 is 5.97 Å². The van der Waals surface area contributed by atoms with Gasteiger partial charge in [0.25, 0.3) is 0 Å². The smallest absolute Gasteiger partial charge is 0.309 e. The molecule has 0 unspecified atom stereocenters. The van der Waals surface area contributed by atoms with Crippen molar-refractivity contribution in [2.45, 2.75) is 19.8 Å². The summed E-state index contributed by atoms with van der Waals surface area (Å²) in [5, 5.41) is 8.98. The van der Waals surface area contributed by atoms with E-state index in [1.54, 1.807) is 31.8 Å². The van der Waals surface area contributed by atoms with E-state index in [-0.39, 0.29) is 6.42 Å². The number of aromatic nitrogens is 2. The van der Waals surface area contributed by atoms with Crippen LogP contribution in [0.15, 0.2) is 24.4 Å². The quantitative estimate of drug-likeness (QED) is 0.741. The summed E-state index contributed by atoms with van der Waals surface area (Å²) in [6, 6.07) is 5.64. The van der Waals surface area contributed by atoms with E-state index in [4.69, 9.17) is 14.6 Å². The van der Waals surface area contributed by atoms with Crippen LogP contribution in [0.2, 0.25) is 0 Å². The molecule has 1 N–H and O–H groups in total. The summed E-state index contributed by atoms with van der Waals surface area (Å²) in [6.07, 6.45) is 2.54. The molecule has 0 saturated heterocycles. The van der Waals surface area contributed by atoms with Gasteiger partial charge in [0.05, 0.1) is 32.0 Å². The van der Waals surface area contributed by atoms with Gasteiger partial charge < -0.3 is 14.6 Å². The van der Waals surface area contributed by atoms with Crippen LogP contribution in [-0.2, 0) is 17.6 Å². The van der Waals surface area contributed by atoms with Crippen molar-refractivity contribution in [3.05, 3.63) is 35.0 Å². The van der Waals surface area contributed by atoms with E-state index in [9.17, 15) is 4.79 Å². The first kappa shape index (κ1) is 16.3. The lowest BCUT2D eigenvalue weighted by atomic mass is 10.1. The molecule has 0 fully saturated rings. The van der Waals surface area contributed by atoms with Crippen LogP contribution >= 0.6 is 11.3 Å². The monoisotopic (exact) mass is 346 g/mol. The summed E-state index contributed by atoms with van der Waals surface area (Å²) in [6.45, 7) is 2.08. The zero-order valence-electron chi connectivity index (χ0n) is 13.7. The van der Waals surface area contributed by atoms with Crippen LogP contribution < -0.4 is 9.47 Å². The Morgan fingerprint density at radius 3 is 2.75 bits per heavy atom. The molecule has 0 aliphatic rings. The zero-order chi connectivity index (χ0) is 17.3. The van der Waals surface area contributed by atoms with E-state index >= 15 is 0 Å². The van der Waals surface area contributed by atoms with Gasteiger partial charge in [-0.05, 0) is 24.6 Å². The molecular formula is C17H18N2O4S. The first-order chi connectivity index (χ1) is 11.6. The first-order valence-electron chi connectivity index (χ1n) is 7.51. The minimum absolute atomic E-state index is 0.0927. The number of thiazole rings is 1. The van der Waals surface area contributed by atoms with Gasteiger partial charge in [-0.25, -0.2) is 4.98 Å². The van der Waals surface area contributed by atoms with Crippen molar-refractivity contribution in [3.8, 4) is 22.8 Å². The third-order valence-corrected chi connectivity index (χ3v) is 4.96. The molecule has 24 heavy (non-hydrogen) atoms. The predicted octanol–water partition coefficient (Wildman–Crippen LogP) is 3.27. The number of hydrogen-bond acceptors (Lipinski definition) is 5. The maximum Gasteiger partial charge on any atom is 0.309 e. The summed E-state index contributed by atoms with van der Waals surface area (Å²) in [7, 11) is 3.25. The van der Waals surface area contributed by atoms with Gasteiger partial charge in [-0.15, -0.1) is 11.3 Å². The summed E-state index contributed by atoms with van der Waals surface area (Å²) < 4.78 is 12.8. The van der Waals surface area contributed by atoms with Crippen molar-refractivity contribution >= 4 is 22.3 Å². The van der Waals surface area contributed by atoms with Crippen LogP contribution in [0.5, 0.6) is 11.5 Å². The summed E-state index contributed by atoms with van der Waals surface area (Å²) in [4.78, 5) is 17.3. The molecule has 0 spiro atoms. The Balaban J connectivity index is 2.23. The largest absolute Gasteiger partial charge is 0.497 e. The van der Waals surface area contributed by atoms with Gasteiger partial charge in [-0.2, -0.15) is 0 Å². The Hall–Kier alpha value is -2.54. The highest BCUT2D eigenvalue weighted by Gasteiger charge is 2.20. The Kier molecular flexibility index (Phi) is 4.44. The lowest BCUT2D eigenvalue weighted by Crippen LogP contribution is -2.00. The Morgan fingerprint density at radius 2 is 2.12 bits per heavy atom. The topological polar surface area (TPSA) is 73.1 Å². The Morgan fingerprint density at radius 1 is 1.33 bits per heavy atom.